The third-order valence-corrected chi connectivity index (χ3v) is 3.45. The van der Waals surface area contributed by atoms with E-state index in [-0.39, 0.29) is 12.4 Å². The van der Waals surface area contributed by atoms with E-state index in [4.69, 9.17) is 4.74 Å². The highest BCUT2D eigenvalue weighted by atomic mass is 19.4. The average molecular weight is 293 g/mol. The molecule has 0 aliphatic carbocycles. The van der Waals surface area contributed by atoms with Crippen molar-refractivity contribution in [2.24, 2.45) is 0 Å². The molecule has 0 atom stereocenters. The Labute approximate surface area is 120 Å². The van der Waals surface area contributed by atoms with E-state index >= 15 is 0 Å². The predicted octanol–water partition coefficient (Wildman–Crippen LogP) is 4.25. The van der Waals surface area contributed by atoms with Gasteiger partial charge >= 0.3 is 6.18 Å². The van der Waals surface area contributed by atoms with Crippen LogP contribution in [0.5, 0.6) is 5.75 Å². The molecule has 1 N–H and O–H groups in total. The second kappa shape index (κ2) is 5.31. The predicted molar refractivity (Wildman–Crippen MR) is 74.4 cm³/mol. The molecule has 2 aromatic carbocycles. The quantitative estimate of drug-likeness (QED) is 0.913. The van der Waals surface area contributed by atoms with Crippen LogP contribution in [0, 0.1) is 0 Å². The van der Waals surface area contributed by atoms with Crippen molar-refractivity contribution in [2.45, 2.75) is 19.2 Å². The maximum Gasteiger partial charge on any atom is 0.416 e. The number of alkyl halides is 3. The number of hydrogen-bond acceptors (Lipinski definition) is 2. The molecule has 0 fully saturated rings. The van der Waals surface area contributed by atoms with Gasteiger partial charge in [-0.2, -0.15) is 13.2 Å². The number of nitrogens with one attached hydrogen (secondary N) is 1. The van der Waals surface area contributed by atoms with Crippen LogP contribution in [0.15, 0.2) is 42.5 Å². The molecule has 1 aliphatic rings. The molecule has 21 heavy (non-hydrogen) atoms. The Morgan fingerprint density at radius 3 is 2.76 bits per heavy atom. The van der Waals surface area contributed by atoms with Crippen LogP contribution in [0.4, 0.5) is 18.9 Å². The van der Waals surface area contributed by atoms with Gasteiger partial charge in [-0.1, -0.05) is 18.2 Å². The molecule has 0 bridgehead atoms. The first-order chi connectivity index (χ1) is 10.0. The Balaban J connectivity index is 1.70. The highest BCUT2D eigenvalue weighted by molar-refractivity contribution is 5.56. The van der Waals surface area contributed by atoms with Gasteiger partial charge in [0.05, 0.1) is 5.56 Å². The van der Waals surface area contributed by atoms with Crippen LogP contribution in [-0.2, 0) is 19.2 Å². The molecule has 0 unspecified atom stereocenters. The summed E-state index contributed by atoms with van der Waals surface area (Å²) in [5.41, 5.74) is 2.60. The van der Waals surface area contributed by atoms with Gasteiger partial charge in [0.2, 0.25) is 0 Å². The summed E-state index contributed by atoms with van der Waals surface area (Å²) >= 11 is 0. The zero-order valence-electron chi connectivity index (χ0n) is 11.2. The number of ether oxygens (including phenoxy) is 1. The Hall–Kier alpha value is -2.17. The van der Waals surface area contributed by atoms with Gasteiger partial charge in [0.25, 0.3) is 0 Å². The Bertz CT molecular complexity index is 652. The van der Waals surface area contributed by atoms with Crippen molar-refractivity contribution in [1.82, 2.24) is 0 Å². The first-order valence-corrected chi connectivity index (χ1v) is 6.68. The maximum absolute atomic E-state index is 12.6. The van der Waals surface area contributed by atoms with Crippen LogP contribution in [0.3, 0.4) is 0 Å². The van der Waals surface area contributed by atoms with Crippen LogP contribution in [-0.4, -0.2) is 6.54 Å². The minimum atomic E-state index is -4.35. The summed E-state index contributed by atoms with van der Waals surface area (Å²) in [6, 6.07) is 10.9. The average Bonchev–Trinajstić information content (AvgIpc) is 2.92. The van der Waals surface area contributed by atoms with Gasteiger partial charge in [-0.3, -0.25) is 0 Å². The lowest BCUT2D eigenvalue weighted by Crippen LogP contribution is -2.05. The Morgan fingerprint density at radius 2 is 1.95 bits per heavy atom. The van der Waals surface area contributed by atoms with Gasteiger partial charge in [0, 0.05) is 12.2 Å². The van der Waals surface area contributed by atoms with Crippen LogP contribution in [0.1, 0.15) is 16.7 Å². The first kappa shape index (κ1) is 13.8. The van der Waals surface area contributed by atoms with E-state index in [1.165, 1.54) is 17.7 Å². The van der Waals surface area contributed by atoms with Crippen LogP contribution in [0.2, 0.25) is 0 Å². The largest absolute Gasteiger partial charge is 0.489 e. The van der Waals surface area contributed by atoms with E-state index in [0.717, 1.165) is 36.3 Å². The second-order valence-electron chi connectivity index (χ2n) is 4.98. The van der Waals surface area contributed by atoms with Gasteiger partial charge in [0.1, 0.15) is 12.4 Å². The highest BCUT2D eigenvalue weighted by Gasteiger charge is 2.30. The molecule has 0 aromatic heterocycles. The fraction of sp³-hybridized carbons (Fsp3) is 0.250. The lowest BCUT2D eigenvalue weighted by atomic mass is 10.1. The molecular weight excluding hydrogens is 279 g/mol. The molecule has 1 aliphatic heterocycles. The molecular formula is C16H14F3NO. The minimum Gasteiger partial charge on any atom is -0.489 e. The summed E-state index contributed by atoms with van der Waals surface area (Å²) in [4.78, 5) is 0. The molecule has 0 saturated heterocycles. The van der Waals surface area contributed by atoms with Crippen LogP contribution in [0.25, 0.3) is 0 Å². The lowest BCUT2D eigenvalue weighted by molar-refractivity contribution is -0.137. The van der Waals surface area contributed by atoms with Crippen molar-refractivity contribution in [3.63, 3.8) is 0 Å². The Morgan fingerprint density at radius 1 is 1.10 bits per heavy atom. The SMILES string of the molecule is FC(F)(F)c1cccc(OCc2ccc3c(c2)CCN3)c1. The number of halogens is 3. The molecule has 1 heterocycles. The van der Waals surface area contributed by atoms with Crippen LogP contribution >= 0.6 is 0 Å². The zero-order valence-corrected chi connectivity index (χ0v) is 11.2. The van der Waals surface area contributed by atoms with E-state index in [2.05, 4.69) is 5.32 Å². The van der Waals surface area contributed by atoms with E-state index in [1.807, 2.05) is 18.2 Å². The monoisotopic (exact) mass is 293 g/mol. The first-order valence-electron chi connectivity index (χ1n) is 6.68. The van der Waals surface area contributed by atoms with Crippen molar-refractivity contribution >= 4 is 5.69 Å². The number of anilines is 1. The third kappa shape index (κ3) is 3.12. The molecule has 0 spiro atoms. The molecule has 0 radical (unpaired) electrons. The standard InChI is InChI=1S/C16H14F3NO/c17-16(18,19)13-2-1-3-14(9-13)21-10-11-4-5-15-12(8-11)6-7-20-15/h1-5,8-9,20H,6-7,10H2. The highest BCUT2D eigenvalue weighted by Crippen LogP contribution is 2.31. The maximum atomic E-state index is 12.6. The van der Waals surface area contributed by atoms with E-state index < -0.39 is 11.7 Å². The van der Waals surface area contributed by atoms with Crippen molar-refractivity contribution in [3.8, 4) is 5.75 Å². The van der Waals surface area contributed by atoms with Gasteiger partial charge < -0.3 is 10.1 Å². The minimum absolute atomic E-state index is 0.225. The Kier molecular flexibility index (Phi) is 3.49. The lowest BCUT2D eigenvalue weighted by Gasteiger charge is -2.11. The van der Waals surface area contributed by atoms with E-state index in [0.29, 0.717) is 0 Å². The number of benzene rings is 2. The number of fused-ring (bicyclic) bond motifs is 1. The van der Waals surface area contributed by atoms with Crippen molar-refractivity contribution in [2.75, 3.05) is 11.9 Å². The molecule has 5 heteroatoms. The summed E-state index contributed by atoms with van der Waals surface area (Å²) in [7, 11) is 0. The second-order valence-corrected chi connectivity index (χ2v) is 4.98. The summed E-state index contributed by atoms with van der Waals surface area (Å²) < 4.78 is 43.3. The van der Waals surface area contributed by atoms with Gasteiger partial charge in [0.15, 0.2) is 0 Å². The van der Waals surface area contributed by atoms with Gasteiger partial charge in [-0.15, -0.1) is 0 Å². The van der Waals surface area contributed by atoms with Crippen molar-refractivity contribution in [3.05, 3.63) is 59.2 Å². The van der Waals surface area contributed by atoms with E-state index in [9.17, 15) is 13.2 Å². The fourth-order valence-electron chi connectivity index (χ4n) is 2.38. The smallest absolute Gasteiger partial charge is 0.416 e. The fourth-order valence-corrected chi connectivity index (χ4v) is 2.38. The normalized spacial score (nSPS) is 13.7. The van der Waals surface area contributed by atoms with Crippen molar-refractivity contribution < 1.29 is 17.9 Å². The summed E-state index contributed by atoms with van der Waals surface area (Å²) in [5, 5.41) is 3.26. The van der Waals surface area contributed by atoms with Gasteiger partial charge in [-0.25, -0.2) is 0 Å². The number of rotatable bonds is 3. The molecule has 0 saturated carbocycles. The summed E-state index contributed by atoms with van der Waals surface area (Å²) in [6.07, 6.45) is -3.38. The summed E-state index contributed by atoms with van der Waals surface area (Å²) in [5.74, 6) is 0.225. The molecule has 0 amide bonds. The third-order valence-electron chi connectivity index (χ3n) is 3.45. The van der Waals surface area contributed by atoms with Crippen LogP contribution < -0.4 is 10.1 Å². The molecule has 3 rings (SSSR count). The van der Waals surface area contributed by atoms with E-state index in [1.54, 1.807) is 0 Å². The zero-order chi connectivity index (χ0) is 14.9. The molecule has 2 aromatic rings. The topological polar surface area (TPSA) is 21.3 Å². The number of hydrogen-bond donors (Lipinski definition) is 1. The molecule has 2 nitrogen and oxygen atoms in total. The molecule has 110 valence electrons. The van der Waals surface area contributed by atoms with Crippen molar-refractivity contribution in [1.29, 1.82) is 0 Å². The van der Waals surface area contributed by atoms with Gasteiger partial charge in [-0.05, 0) is 41.8 Å². The summed E-state index contributed by atoms with van der Waals surface area (Å²) in [6.45, 7) is 1.18.